The lowest BCUT2D eigenvalue weighted by Gasteiger charge is -2.25. The van der Waals surface area contributed by atoms with Gasteiger partial charge in [0.1, 0.15) is 0 Å². The van der Waals surface area contributed by atoms with Crippen LogP contribution in [0.4, 0.5) is 0 Å². The van der Waals surface area contributed by atoms with E-state index < -0.39 is 0 Å². The topological polar surface area (TPSA) is 35.2 Å². The molecule has 2 nitrogen and oxygen atoms in total. The monoisotopic (exact) mass is 131 g/mol. The molecule has 0 aliphatic carbocycles. The summed E-state index contributed by atoms with van der Waals surface area (Å²) in [4.78, 5) is 0. The first kappa shape index (κ1) is 8.92. The number of hydrogen-bond acceptors (Lipinski definition) is 2. The van der Waals surface area contributed by atoms with Crippen LogP contribution in [0.5, 0.6) is 0 Å². The van der Waals surface area contributed by atoms with Gasteiger partial charge in [0, 0.05) is 13.2 Å². The summed E-state index contributed by atoms with van der Waals surface area (Å²) in [6.07, 6.45) is 0. The lowest BCUT2D eigenvalue weighted by molar-refractivity contribution is 0.135. The highest BCUT2D eigenvalue weighted by atomic mass is 16.5. The molecule has 0 spiro atoms. The van der Waals surface area contributed by atoms with Gasteiger partial charge >= 0.3 is 0 Å². The Balaban J connectivity index is 3.59. The van der Waals surface area contributed by atoms with Crippen molar-refractivity contribution in [2.75, 3.05) is 13.7 Å². The van der Waals surface area contributed by atoms with Crippen molar-refractivity contribution in [2.45, 2.75) is 26.8 Å². The predicted octanol–water partition coefficient (Wildman–Crippen LogP) is 1.01. The van der Waals surface area contributed by atoms with Crippen molar-refractivity contribution in [2.24, 2.45) is 11.1 Å². The van der Waals surface area contributed by atoms with Gasteiger partial charge in [0.15, 0.2) is 0 Å². The third-order valence-electron chi connectivity index (χ3n) is 1.46. The SMILES string of the molecule is COCC(N)C(C)(C)C. The van der Waals surface area contributed by atoms with Crippen molar-refractivity contribution in [3.63, 3.8) is 0 Å². The zero-order valence-corrected chi connectivity index (χ0v) is 6.77. The number of hydrogen-bond donors (Lipinski definition) is 1. The molecule has 56 valence electrons. The molecule has 1 atom stereocenters. The molecule has 0 aromatic heterocycles. The van der Waals surface area contributed by atoms with Crippen molar-refractivity contribution in [1.29, 1.82) is 0 Å². The minimum atomic E-state index is 0.141. The van der Waals surface area contributed by atoms with Gasteiger partial charge in [-0.25, -0.2) is 0 Å². The van der Waals surface area contributed by atoms with Crippen molar-refractivity contribution in [1.82, 2.24) is 0 Å². The quantitative estimate of drug-likeness (QED) is 0.607. The van der Waals surface area contributed by atoms with Crippen molar-refractivity contribution >= 4 is 0 Å². The number of rotatable bonds is 2. The summed E-state index contributed by atoms with van der Waals surface area (Å²) in [5.41, 5.74) is 5.90. The van der Waals surface area contributed by atoms with Gasteiger partial charge in [-0.2, -0.15) is 0 Å². The Bertz CT molecular complexity index is 75.5. The molecule has 0 aliphatic rings. The first-order valence-corrected chi connectivity index (χ1v) is 3.23. The lowest BCUT2D eigenvalue weighted by Crippen LogP contribution is -2.38. The van der Waals surface area contributed by atoms with E-state index in [0.717, 1.165) is 0 Å². The summed E-state index contributed by atoms with van der Waals surface area (Å²) in [6.45, 7) is 6.97. The van der Waals surface area contributed by atoms with Crippen LogP contribution in [-0.4, -0.2) is 19.8 Å². The summed E-state index contributed by atoms with van der Waals surface area (Å²) in [5.74, 6) is 0. The molecule has 0 aliphatic heterocycles. The molecule has 0 heterocycles. The highest BCUT2D eigenvalue weighted by Gasteiger charge is 2.19. The summed E-state index contributed by atoms with van der Waals surface area (Å²) in [7, 11) is 1.67. The second-order valence-electron chi connectivity index (χ2n) is 3.43. The smallest absolute Gasteiger partial charge is 0.0618 e. The number of ether oxygens (including phenoxy) is 1. The summed E-state index contributed by atoms with van der Waals surface area (Å²) >= 11 is 0. The molecule has 0 radical (unpaired) electrons. The molecule has 9 heavy (non-hydrogen) atoms. The van der Waals surface area contributed by atoms with E-state index in [4.69, 9.17) is 10.5 Å². The van der Waals surface area contributed by atoms with Gasteiger partial charge in [0.2, 0.25) is 0 Å². The Morgan fingerprint density at radius 1 is 1.44 bits per heavy atom. The first-order valence-electron chi connectivity index (χ1n) is 3.23. The molecule has 0 bridgehead atoms. The standard InChI is InChI=1S/C7H17NO/c1-7(2,3)6(8)5-9-4/h6H,5,8H2,1-4H3. The Morgan fingerprint density at radius 2 is 1.89 bits per heavy atom. The largest absolute Gasteiger partial charge is 0.383 e. The van der Waals surface area contributed by atoms with E-state index in [1.165, 1.54) is 0 Å². The maximum atomic E-state index is 5.74. The van der Waals surface area contributed by atoms with E-state index in [9.17, 15) is 0 Å². The second-order valence-corrected chi connectivity index (χ2v) is 3.43. The van der Waals surface area contributed by atoms with Crippen LogP contribution in [0.25, 0.3) is 0 Å². The molecule has 2 N–H and O–H groups in total. The van der Waals surface area contributed by atoms with Crippen LogP contribution in [-0.2, 0) is 4.74 Å². The third-order valence-corrected chi connectivity index (χ3v) is 1.46. The fraction of sp³-hybridized carbons (Fsp3) is 1.00. The van der Waals surface area contributed by atoms with Gasteiger partial charge in [-0.3, -0.25) is 0 Å². The zero-order chi connectivity index (χ0) is 7.49. The summed E-state index contributed by atoms with van der Waals surface area (Å²) in [5, 5.41) is 0. The maximum Gasteiger partial charge on any atom is 0.0618 e. The van der Waals surface area contributed by atoms with E-state index >= 15 is 0 Å². The minimum absolute atomic E-state index is 0.141. The Morgan fingerprint density at radius 3 is 2.00 bits per heavy atom. The predicted molar refractivity (Wildman–Crippen MR) is 39.3 cm³/mol. The molecule has 0 saturated carbocycles. The van der Waals surface area contributed by atoms with Gasteiger partial charge in [-0.15, -0.1) is 0 Å². The molecule has 0 fully saturated rings. The van der Waals surface area contributed by atoms with Gasteiger partial charge in [-0.05, 0) is 5.41 Å². The second kappa shape index (κ2) is 3.18. The fourth-order valence-corrected chi connectivity index (χ4v) is 0.430. The van der Waals surface area contributed by atoms with Crippen LogP contribution >= 0.6 is 0 Å². The normalized spacial score (nSPS) is 15.7. The average molecular weight is 131 g/mol. The summed E-state index contributed by atoms with van der Waals surface area (Å²) < 4.78 is 4.91. The van der Waals surface area contributed by atoms with Crippen LogP contribution in [0.3, 0.4) is 0 Å². The van der Waals surface area contributed by atoms with E-state index in [2.05, 4.69) is 20.8 Å². The maximum absolute atomic E-state index is 5.74. The molecular weight excluding hydrogens is 114 g/mol. The Hall–Kier alpha value is -0.0800. The highest BCUT2D eigenvalue weighted by molar-refractivity contribution is 4.75. The van der Waals surface area contributed by atoms with E-state index in [1.807, 2.05) is 0 Å². The highest BCUT2D eigenvalue weighted by Crippen LogP contribution is 2.16. The van der Waals surface area contributed by atoms with Crippen molar-refractivity contribution in [3.05, 3.63) is 0 Å². The zero-order valence-electron chi connectivity index (χ0n) is 6.77. The molecule has 0 saturated heterocycles. The minimum Gasteiger partial charge on any atom is -0.383 e. The van der Waals surface area contributed by atoms with Gasteiger partial charge in [0.25, 0.3) is 0 Å². The van der Waals surface area contributed by atoms with Gasteiger partial charge < -0.3 is 10.5 Å². The Kier molecular flexibility index (Phi) is 3.15. The van der Waals surface area contributed by atoms with Crippen LogP contribution in [0, 0.1) is 5.41 Å². The van der Waals surface area contributed by atoms with Crippen LogP contribution < -0.4 is 5.73 Å². The molecule has 0 amide bonds. The molecule has 0 aromatic rings. The van der Waals surface area contributed by atoms with Crippen LogP contribution in [0.2, 0.25) is 0 Å². The Labute approximate surface area is 57.4 Å². The van der Waals surface area contributed by atoms with E-state index in [-0.39, 0.29) is 11.5 Å². The number of methoxy groups -OCH3 is 1. The van der Waals surface area contributed by atoms with Gasteiger partial charge in [-0.1, -0.05) is 20.8 Å². The first-order chi connectivity index (χ1) is 3.98. The molecule has 2 heteroatoms. The van der Waals surface area contributed by atoms with Crippen LogP contribution in [0.1, 0.15) is 20.8 Å². The molecule has 1 unspecified atom stereocenters. The molecule has 0 aromatic carbocycles. The van der Waals surface area contributed by atoms with Crippen LogP contribution in [0.15, 0.2) is 0 Å². The van der Waals surface area contributed by atoms with Crippen molar-refractivity contribution in [3.8, 4) is 0 Å². The fourth-order valence-electron chi connectivity index (χ4n) is 0.430. The van der Waals surface area contributed by atoms with E-state index in [0.29, 0.717) is 6.61 Å². The molecular formula is C7H17NO. The molecule has 0 rings (SSSR count). The van der Waals surface area contributed by atoms with E-state index in [1.54, 1.807) is 7.11 Å². The summed E-state index contributed by atoms with van der Waals surface area (Å²) in [6, 6.07) is 0.141. The average Bonchev–Trinajstić information content (AvgIpc) is 1.64. The third kappa shape index (κ3) is 3.49. The van der Waals surface area contributed by atoms with Crippen molar-refractivity contribution < 1.29 is 4.74 Å². The number of nitrogens with two attached hydrogens (primary N) is 1. The van der Waals surface area contributed by atoms with Gasteiger partial charge in [0.05, 0.1) is 6.61 Å². The lowest BCUT2D eigenvalue weighted by atomic mass is 9.88.